The van der Waals surface area contributed by atoms with Crippen molar-refractivity contribution in [3.8, 4) is 41.2 Å². The highest BCUT2D eigenvalue weighted by atomic mass is 19.1. The molecule has 2 saturated heterocycles. The number of β-amino-alcohol motifs (C(OH)–C–C–N with tert-alkyl or cyclic N) is 1. The summed E-state index contributed by atoms with van der Waals surface area (Å²) in [7, 11) is 1.36. The van der Waals surface area contributed by atoms with Gasteiger partial charge in [0, 0.05) is 35.0 Å². The van der Waals surface area contributed by atoms with Gasteiger partial charge in [0.25, 0.3) is 0 Å². The number of terminal acetylenes is 1. The van der Waals surface area contributed by atoms with Gasteiger partial charge in [0.05, 0.1) is 40.2 Å². The summed E-state index contributed by atoms with van der Waals surface area (Å²) in [6.45, 7) is 3.32. The monoisotopic (exact) mass is 675 g/mol. The minimum Gasteiger partial charge on any atom is -0.508 e. The van der Waals surface area contributed by atoms with Crippen LogP contribution in [0.25, 0.3) is 32.9 Å². The molecule has 1 saturated carbocycles. The van der Waals surface area contributed by atoms with Gasteiger partial charge in [0.1, 0.15) is 34.0 Å². The number of anilines is 1. The number of methoxy groups -OCH3 is 1. The normalized spacial score (nSPS) is 26.0. The van der Waals surface area contributed by atoms with Crippen molar-refractivity contribution in [1.82, 2.24) is 19.9 Å². The van der Waals surface area contributed by atoms with Gasteiger partial charge in [-0.2, -0.15) is 9.97 Å². The number of hydrogen-bond donors (Lipinski definition) is 3. The Balaban J connectivity index is 1.42. The predicted octanol–water partition coefficient (Wildman–Crippen LogP) is 4.39. The third kappa shape index (κ3) is 5.47. The predicted molar refractivity (Wildman–Crippen MR) is 178 cm³/mol. The molecule has 0 radical (unpaired) electrons. The van der Waals surface area contributed by atoms with E-state index in [1.165, 1.54) is 31.4 Å². The summed E-state index contributed by atoms with van der Waals surface area (Å²) in [6, 6.07) is 6.87. The molecule has 3 aliphatic rings. The van der Waals surface area contributed by atoms with Crippen LogP contribution in [0.3, 0.4) is 0 Å². The standard InChI is InChI=1S/C36H39F2N5O6/c1-4-36(46)18-42(14-15-48-20-36)31-27-30(40-33(41-31)49-19-35-11-6-10-34(35,2)43(21-44)13-7-12-35)28(38)29(39-32(27)47-3)24-17-23(45)16-22-8-5-9-25(37)26(22)24/h1,5,8-9,16-17,44-46H,6-7,10-15,18-21H2,2-3H3/t34?,35-,36+/m1/s1. The summed E-state index contributed by atoms with van der Waals surface area (Å²) in [4.78, 5) is 17.6. The van der Waals surface area contributed by atoms with E-state index in [9.17, 15) is 15.3 Å². The Morgan fingerprint density at radius 3 is 2.67 bits per heavy atom. The molecule has 4 aromatic rings. The van der Waals surface area contributed by atoms with Crippen LogP contribution in [0.2, 0.25) is 0 Å². The topological polar surface area (TPSA) is 134 Å². The maximum atomic E-state index is 17.0. The molecule has 258 valence electrons. The molecule has 11 nitrogen and oxygen atoms in total. The number of piperidine rings is 1. The lowest BCUT2D eigenvalue weighted by Gasteiger charge is -2.53. The number of hydrogen-bond acceptors (Lipinski definition) is 11. The summed E-state index contributed by atoms with van der Waals surface area (Å²) in [5.41, 5.74) is -2.78. The van der Waals surface area contributed by atoms with E-state index in [2.05, 4.69) is 27.7 Å². The van der Waals surface area contributed by atoms with Crippen molar-refractivity contribution in [1.29, 1.82) is 0 Å². The third-order valence-electron chi connectivity index (χ3n) is 10.8. The van der Waals surface area contributed by atoms with E-state index in [-0.39, 0.29) is 102 Å². The average Bonchev–Trinajstić information content (AvgIpc) is 3.32. The minimum atomic E-state index is -1.67. The summed E-state index contributed by atoms with van der Waals surface area (Å²) in [5, 5.41) is 32.4. The molecule has 3 N–H and O–H groups in total. The zero-order valence-corrected chi connectivity index (χ0v) is 27.5. The first kappa shape index (κ1) is 33.2. The number of pyridine rings is 1. The van der Waals surface area contributed by atoms with Crippen LogP contribution < -0.4 is 14.4 Å². The summed E-state index contributed by atoms with van der Waals surface area (Å²) >= 11 is 0. The molecule has 2 aliphatic heterocycles. The van der Waals surface area contributed by atoms with Crippen molar-refractivity contribution in [2.75, 3.05) is 58.2 Å². The van der Waals surface area contributed by atoms with Crippen LogP contribution in [0.1, 0.15) is 39.0 Å². The van der Waals surface area contributed by atoms with E-state index in [4.69, 9.17) is 25.6 Å². The Labute approximate surface area is 282 Å². The molecule has 1 unspecified atom stereocenters. The Hall–Kier alpha value is -4.35. The largest absolute Gasteiger partial charge is 0.508 e. The molecule has 13 heteroatoms. The Kier molecular flexibility index (Phi) is 8.47. The zero-order chi connectivity index (χ0) is 34.6. The molecule has 3 fully saturated rings. The second-order valence-corrected chi connectivity index (χ2v) is 13.5. The number of phenolic OH excluding ortho intramolecular Hbond substituents is 1. The number of aliphatic hydroxyl groups excluding tert-OH is 1. The molecule has 49 heavy (non-hydrogen) atoms. The molecule has 7 rings (SSSR count). The van der Waals surface area contributed by atoms with Crippen molar-refractivity contribution in [2.24, 2.45) is 5.41 Å². The summed E-state index contributed by atoms with van der Waals surface area (Å²) in [6.07, 6.45) is 10.2. The maximum absolute atomic E-state index is 17.0. The number of likely N-dealkylation sites (tertiary alicyclic amines) is 1. The number of aliphatic hydroxyl groups is 2. The lowest BCUT2D eigenvalue weighted by molar-refractivity contribution is -0.0986. The van der Waals surface area contributed by atoms with E-state index < -0.39 is 17.2 Å². The molecule has 3 atom stereocenters. The fraction of sp³-hybridized carbons (Fsp3) is 0.472. The van der Waals surface area contributed by atoms with Crippen molar-refractivity contribution in [2.45, 2.75) is 50.2 Å². The van der Waals surface area contributed by atoms with Gasteiger partial charge in [-0.05, 0) is 56.2 Å². The Bertz CT molecular complexity index is 1970. The van der Waals surface area contributed by atoms with Crippen LogP contribution in [0.4, 0.5) is 14.6 Å². The highest BCUT2D eigenvalue weighted by Crippen LogP contribution is 2.55. The van der Waals surface area contributed by atoms with Gasteiger partial charge in [-0.15, -0.1) is 6.42 Å². The van der Waals surface area contributed by atoms with E-state index in [0.717, 1.165) is 38.6 Å². The highest BCUT2D eigenvalue weighted by molar-refractivity contribution is 6.02. The van der Waals surface area contributed by atoms with Crippen LogP contribution in [-0.2, 0) is 4.74 Å². The maximum Gasteiger partial charge on any atom is 0.319 e. The average molecular weight is 676 g/mol. The zero-order valence-electron chi connectivity index (χ0n) is 27.5. The Morgan fingerprint density at radius 2 is 1.90 bits per heavy atom. The molecule has 0 spiro atoms. The second-order valence-electron chi connectivity index (χ2n) is 13.5. The van der Waals surface area contributed by atoms with E-state index >= 15 is 8.78 Å². The van der Waals surface area contributed by atoms with Gasteiger partial charge in [0.15, 0.2) is 11.4 Å². The van der Waals surface area contributed by atoms with E-state index in [1.807, 2.05) is 0 Å². The number of halogens is 2. The first-order valence-electron chi connectivity index (χ1n) is 16.4. The smallest absolute Gasteiger partial charge is 0.319 e. The molecule has 4 heterocycles. The molecule has 0 bridgehead atoms. The van der Waals surface area contributed by atoms with Crippen LogP contribution >= 0.6 is 0 Å². The lowest BCUT2D eigenvalue weighted by atomic mass is 9.67. The van der Waals surface area contributed by atoms with Gasteiger partial charge < -0.3 is 34.4 Å². The van der Waals surface area contributed by atoms with Gasteiger partial charge in [0.2, 0.25) is 5.88 Å². The first-order chi connectivity index (χ1) is 23.5. The number of rotatable bonds is 7. The fourth-order valence-corrected chi connectivity index (χ4v) is 8.18. The number of aromatic nitrogens is 3. The number of fused-ring (bicyclic) bond motifs is 3. The van der Waals surface area contributed by atoms with E-state index in [1.54, 1.807) is 11.0 Å². The van der Waals surface area contributed by atoms with Crippen LogP contribution in [-0.4, -0.2) is 99.6 Å². The molecule has 2 aromatic carbocycles. The van der Waals surface area contributed by atoms with Gasteiger partial charge in [-0.3, -0.25) is 4.90 Å². The number of nitrogens with zero attached hydrogens (tertiary/aromatic N) is 5. The molecular weight excluding hydrogens is 636 g/mol. The lowest BCUT2D eigenvalue weighted by Crippen LogP contribution is -2.60. The van der Waals surface area contributed by atoms with Crippen LogP contribution in [0, 0.1) is 29.4 Å². The van der Waals surface area contributed by atoms with Crippen molar-refractivity contribution >= 4 is 27.5 Å². The van der Waals surface area contributed by atoms with E-state index in [0.29, 0.717) is 5.39 Å². The molecule has 0 amide bonds. The Morgan fingerprint density at radius 1 is 1.08 bits per heavy atom. The quantitative estimate of drug-likeness (QED) is 0.241. The third-order valence-corrected chi connectivity index (χ3v) is 10.8. The SMILES string of the molecule is C#C[C@@]1(O)COCCN(c2nc(OC[C@@]34CCCN(CO)C3(C)CCC4)nc3c(F)c(-c4cc(O)cc5cccc(F)c45)nc(OC)c23)C1. The number of benzene rings is 2. The van der Waals surface area contributed by atoms with Crippen molar-refractivity contribution in [3.63, 3.8) is 0 Å². The number of ether oxygens (including phenoxy) is 3. The number of aromatic hydroxyl groups is 1. The van der Waals surface area contributed by atoms with Gasteiger partial charge >= 0.3 is 6.01 Å². The minimum absolute atomic E-state index is 0.00483. The second kappa shape index (κ2) is 12.5. The van der Waals surface area contributed by atoms with Gasteiger partial charge in [-0.1, -0.05) is 24.5 Å². The van der Waals surface area contributed by atoms with Crippen LogP contribution in [0.5, 0.6) is 17.6 Å². The summed E-state index contributed by atoms with van der Waals surface area (Å²) < 4.78 is 50.0. The molecule has 2 aromatic heterocycles. The number of phenols is 1. The fourth-order valence-electron chi connectivity index (χ4n) is 8.18. The van der Waals surface area contributed by atoms with Crippen LogP contribution in [0.15, 0.2) is 30.3 Å². The molecule has 1 aliphatic carbocycles. The van der Waals surface area contributed by atoms with Crippen molar-refractivity contribution < 1.29 is 38.3 Å². The highest BCUT2D eigenvalue weighted by Gasteiger charge is 2.57. The molecular formula is C36H39F2N5O6. The summed E-state index contributed by atoms with van der Waals surface area (Å²) in [5.74, 6) is 0.749. The first-order valence-corrected chi connectivity index (χ1v) is 16.4. The van der Waals surface area contributed by atoms with Gasteiger partial charge in [-0.25, -0.2) is 13.8 Å². The van der Waals surface area contributed by atoms with Crippen molar-refractivity contribution in [3.05, 3.63) is 42.0 Å².